The number of nitrogens with one attached hydrogen (secondary N) is 1. The maximum atomic E-state index is 6.01. The first kappa shape index (κ1) is 12.9. The van der Waals surface area contributed by atoms with Gasteiger partial charge in [-0.3, -0.25) is 0 Å². The standard InChI is InChI=1S/C12H24N4/c1-8(2)6-7-14-12-11(13)10(5)15-16(12)9(3)4/h8-9,14H,6-7,13H2,1-5H3. The number of nitrogens with two attached hydrogens (primary N) is 1. The van der Waals surface area contributed by atoms with Gasteiger partial charge in [-0.2, -0.15) is 5.10 Å². The molecule has 0 saturated carbocycles. The summed E-state index contributed by atoms with van der Waals surface area (Å²) < 4.78 is 1.96. The van der Waals surface area contributed by atoms with Crippen LogP contribution in [0.2, 0.25) is 0 Å². The third kappa shape index (κ3) is 2.90. The minimum absolute atomic E-state index is 0.331. The van der Waals surface area contributed by atoms with Crippen LogP contribution in [0.1, 0.15) is 45.9 Å². The Kier molecular flexibility index (Phi) is 4.21. The van der Waals surface area contributed by atoms with Crippen LogP contribution in [0.15, 0.2) is 0 Å². The van der Waals surface area contributed by atoms with Crippen molar-refractivity contribution in [2.75, 3.05) is 17.6 Å². The summed E-state index contributed by atoms with van der Waals surface area (Å²) in [6.45, 7) is 11.5. The van der Waals surface area contributed by atoms with Crippen molar-refractivity contribution in [2.24, 2.45) is 5.92 Å². The molecule has 0 bridgehead atoms. The van der Waals surface area contributed by atoms with Gasteiger partial charge in [0.25, 0.3) is 0 Å². The summed E-state index contributed by atoms with van der Waals surface area (Å²) in [5.41, 5.74) is 7.69. The fraction of sp³-hybridized carbons (Fsp3) is 0.750. The van der Waals surface area contributed by atoms with Gasteiger partial charge in [-0.25, -0.2) is 4.68 Å². The zero-order valence-corrected chi connectivity index (χ0v) is 11.0. The van der Waals surface area contributed by atoms with Crippen molar-refractivity contribution in [3.63, 3.8) is 0 Å². The molecule has 0 radical (unpaired) electrons. The average molecular weight is 224 g/mol. The second-order valence-electron chi connectivity index (χ2n) is 5.00. The molecule has 1 heterocycles. The molecule has 0 aliphatic heterocycles. The molecule has 0 aliphatic carbocycles. The topological polar surface area (TPSA) is 55.9 Å². The first-order chi connectivity index (χ1) is 7.43. The molecule has 0 unspecified atom stereocenters. The molecule has 0 spiro atoms. The quantitative estimate of drug-likeness (QED) is 0.808. The molecule has 0 aromatic carbocycles. The normalized spacial score (nSPS) is 11.4. The summed E-state index contributed by atoms with van der Waals surface area (Å²) in [4.78, 5) is 0. The molecule has 16 heavy (non-hydrogen) atoms. The van der Waals surface area contributed by atoms with Gasteiger partial charge in [0.05, 0.1) is 11.4 Å². The molecule has 0 saturated heterocycles. The molecule has 0 atom stereocenters. The summed E-state index contributed by atoms with van der Waals surface area (Å²) in [5, 5.41) is 7.83. The van der Waals surface area contributed by atoms with Crippen molar-refractivity contribution in [3.8, 4) is 0 Å². The third-order valence-corrected chi connectivity index (χ3v) is 2.64. The minimum atomic E-state index is 0.331. The van der Waals surface area contributed by atoms with Gasteiger partial charge in [-0.15, -0.1) is 0 Å². The van der Waals surface area contributed by atoms with Crippen molar-refractivity contribution >= 4 is 11.5 Å². The van der Waals surface area contributed by atoms with Crippen LogP contribution in [0.5, 0.6) is 0 Å². The fourth-order valence-corrected chi connectivity index (χ4v) is 1.59. The number of aryl methyl sites for hydroxylation is 1. The lowest BCUT2D eigenvalue weighted by molar-refractivity contribution is 0.531. The zero-order chi connectivity index (χ0) is 12.3. The maximum Gasteiger partial charge on any atom is 0.148 e. The Labute approximate surface area is 98.2 Å². The lowest BCUT2D eigenvalue weighted by Crippen LogP contribution is -2.13. The molecule has 0 fully saturated rings. The highest BCUT2D eigenvalue weighted by Crippen LogP contribution is 2.25. The number of anilines is 2. The number of nitrogens with zero attached hydrogens (tertiary/aromatic N) is 2. The van der Waals surface area contributed by atoms with Crippen LogP contribution in [-0.4, -0.2) is 16.3 Å². The Morgan fingerprint density at radius 3 is 2.44 bits per heavy atom. The van der Waals surface area contributed by atoms with Crippen molar-refractivity contribution in [1.82, 2.24) is 9.78 Å². The molecule has 1 aromatic rings. The number of hydrogen-bond donors (Lipinski definition) is 2. The molecular weight excluding hydrogens is 200 g/mol. The molecule has 1 aromatic heterocycles. The summed E-state index contributed by atoms with van der Waals surface area (Å²) >= 11 is 0. The van der Waals surface area contributed by atoms with Crippen LogP contribution in [0.25, 0.3) is 0 Å². The second-order valence-corrected chi connectivity index (χ2v) is 5.00. The number of nitrogen functional groups attached to an aromatic ring is 1. The van der Waals surface area contributed by atoms with Gasteiger partial charge in [0.1, 0.15) is 5.82 Å². The Morgan fingerprint density at radius 1 is 1.31 bits per heavy atom. The van der Waals surface area contributed by atoms with Crippen LogP contribution < -0.4 is 11.1 Å². The average Bonchev–Trinajstić information content (AvgIpc) is 2.45. The van der Waals surface area contributed by atoms with E-state index in [0.29, 0.717) is 12.0 Å². The zero-order valence-electron chi connectivity index (χ0n) is 11.0. The van der Waals surface area contributed by atoms with Gasteiger partial charge in [0.15, 0.2) is 0 Å². The molecule has 3 N–H and O–H groups in total. The van der Waals surface area contributed by atoms with Crippen molar-refractivity contribution < 1.29 is 0 Å². The minimum Gasteiger partial charge on any atom is -0.394 e. The van der Waals surface area contributed by atoms with E-state index in [4.69, 9.17) is 5.73 Å². The van der Waals surface area contributed by atoms with Gasteiger partial charge in [-0.05, 0) is 33.1 Å². The van der Waals surface area contributed by atoms with Crippen molar-refractivity contribution in [3.05, 3.63) is 5.69 Å². The van der Waals surface area contributed by atoms with E-state index in [2.05, 4.69) is 38.1 Å². The third-order valence-electron chi connectivity index (χ3n) is 2.64. The van der Waals surface area contributed by atoms with Gasteiger partial charge < -0.3 is 11.1 Å². The van der Waals surface area contributed by atoms with Crippen LogP contribution in [-0.2, 0) is 0 Å². The first-order valence-corrected chi connectivity index (χ1v) is 6.02. The van der Waals surface area contributed by atoms with E-state index in [1.165, 1.54) is 0 Å². The monoisotopic (exact) mass is 224 g/mol. The second kappa shape index (κ2) is 5.23. The van der Waals surface area contributed by atoms with Crippen LogP contribution in [0.4, 0.5) is 11.5 Å². The lowest BCUT2D eigenvalue weighted by Gasteiger charge is -2.14. The van der Waals surface area contributed by atoms with E-state index in [0.717, 1.165) is 30.2 Å². The smallest absolute Gasteiger partial charge is 0.148 e. The van der Waals surface area contributed by atoms with E-state index in [1.807, 2.05) is 11.6 Å². The largest absolute Gasteiger partial charge is 0.394 e. The maximum absolute atomic E-state index is 6.01. The predicted molar refractivity (Wildman–Crippen MR) is 69.7 cm³/mol. The summed E-state index contributed by atoms with van der Waals surface area (Å²) in [7, 11) is 0. The SMILES string of the molecule is Cc1nn(C(C)C)c(NCCC(C)C)c1N. The molecular formula is C12H24N4. The Bertz CT molecular complexity index is 339. The Morgan fingerprint density at radius 2 is 1.94 bits per heavy atom. The molecule has 4 nitrogen and oxygen atoms in total. The van der Waals surface area contributed by atoms with E-state index in [-0.39, 0.29) is 0 Å². The van der Waals surface area contributed by atoms with Gasteiger partial charge >= 0.3 is 0 Å². The number of aromatic nitrogens is 2. The van der Waals surface area contributed by atoms with Gasteiger partial charge in [0.2, 0.25) is 0 Å². The number of rotatable bonds is 5. The summed E-state index contributed by atoms with van der Waals surface area (Å²) in [6, 6.07) is 0.331. The van der Waals surface area contributed by atoms with Crippen LogP contribution in [0.3, 0.4) is 0 Å². The molecule has 4 heteroatoms. The van der Waals surface area contributed by atoms with E-state index in [9.17, 15) is 0 Å². The van der Waals surface area contributed by atoms with Crippen LogP contribution >= 0.6 is 0 Å². The van der Waals surface area contributed by atoms with Crippen molar-refractivity contribution in [1.29, 1.82) is 0 Å². The lowest BCUT2D eigenvalue weighted by atomic mass is 10.1. The Hall–Kier alpha value is -1.19. The van der Waals surface area contributed by atoms with E-state index in [1.54, 1.807) is 0 Å². The van der Waals surface area contributed by atoms with Crippen LogP contribution in [0, 0.1) is 12.8 Å². The predicted octanol–water partition coefficient (Wildman–Crippen LogP) is 2.81. The molecule has 1 rings (SSSR count). The van der Waals surface area contributed by atoms with E-state index < -0.39 is 0 Å². The fourth-order valence-electron chi connectivity index (χ4n) is 1.59. The van der Waals surface area contributed by atoms with E-state index >= 15 is 0 Å². The first-order valence-electron chi connectivity index (χ1n) is 6.02. The molecule has 92 valence electrons. The number of hydrogen-bond acceptors (Lipinski definition) is 3. The molecule has 0 amide bonds. The van der Waals surface area contributed by atoms with Gasteiger partial charge in [0, 0.05) is 12.6 Å². The summed E-state index contributed by atoms with van der Waals surface area (Å²) in [6.07, 6.45) is 1.14. The summed E-state index contributed by atoms with van der Waals surface area (Å²) in [5.74, 6) is 1.67. The molecule has 0 aliphatic rings. The van der Waals surface area contributed by atoms with Gasteiger partial charge in [-0.1, -0.05) is 13.8 Å². The highest BCUT2D eigenvalue weighted by Gasteiger charge is 2.13. The highest BCUT2D eigenvalue weighted by atomic mass is 15.4. The highest BCUT2D eigenvalue weighted by molar-refractivity contribution is 5.64. The van der Waals surface area contributed by atoms with Crippen molar-refractivity contribution in [2.45, 2.75) is 47.1 Å². The Balaban J connectivity index is 2.77.